The number of rotatable bonds is 10. The highest BCUT2D eigenvalue weighted by Crippen LogP contribution is 2.33. The van der Waals surface area contributed by atoms with E-state index in [-0.39, 0.29) is 12.8 Å². The lowest BCUT2D eigenvalue weighted by molar-refractivity contribution is -0.136. The fourth-order valence-electron chi connectivity index (χ4n) is 4.72. The molecule has 0 radical (unpaired) electrons. The van der Waals surface area contributed by atoms with E-state index in [2.05, 4.69) is 31.3 Å². The summed E-state index contributed by atoms with van der Waals surface area (Å²) in [7, 11) is -3.67. The molecular weight excluding hydrogens is 581 g/mol. The zero-order valence-corrected chi connectivity index (χ0v) is 25.7. The van der Waals surface area contributed by atoms with E-state index < -0.39 is 27.5 Å². The molecule has 42 heavy (non-hydrogen) atoms. The van der Waals surface area contributed by atoms with Crippen molar-refractivity contribution in [2.45, 2.75) is 51.7 Å². The number of carboxylic acid groups (broad SMARTS) is 1. The maximum atomic E-state index is 14.4. The molecule has 0 spiro atoms. The summed E-state index contributed by atoms with van der Waals surface area (Å²) in [6.45, 7) is 4.98. The highest BCUT2D eigenvalue weighted by atomic mass is 32.2. The summed E-state index contributed by atoms with van der Waals surface area (Å²) in [4.78, 5) is 10.7. The topological polar surface area (TPSA) is 133 Å². The standard InChI is InChI=1S/C30H34FNO4S.CH4O3S/c1-20-14-26(36-19-30(35)10-12-37-13-11-30)15-21(2)29(20)24-5-3-4-22(16-24)18-32-25-8-6-23(27(31)17-25)7-9-28(33)34;1-5(2,3)4/h3-6,8,14-17,32,35H,7,9-13,18-19H2,1-2H3,(H,33,34);1H3,(H,2,3,4). The molecule has 0 unspecified atom stereocenters. The fraction of sp³-hybridized carbons (Fsp3) is 0.387. The molecule has 4 rings (SSSR count). The predicted octanol–water partition coefficient (Wildman–Crippen LogP) is 5.88. The van der Waals surface area contributed by atoms with Crippen LogP contribution in [0.5, 0.6) is 5.75 Å². The molecule has 0 atom stereocenters. The molecule has 4 N–H and O–H groups in total. The van der Waals surface area contributed by atoms with Gasteiger partial charge in [0.25, 0.3) is 10.1 Å². The van der Waals surface area contributed by atoms with E-state index in [0.29, 0.717) is 30.7 Å². The number of carboxylic acids is 1. The summed E-state index contributed by atoms with van der Waals surface area (Å²) in [6.07, 6.45) is 2.31. The number of benzene rings is 3. The number of halogens is 1. The van der Waals surface area contributed by atoms with Crippen molar-refractivity contribution in [2.75, 3.05) is 29.7 Å². The van der Waals surface area contributed by atoms with Crippen molar-refractivity contribution in [3.05, 3.63) is 82.7 Å². The lowest BCUT2D eigenvalue weighted by Gasteiger charge is -2.31. The van der Waals surface area contributed by atoms with Gasteiger partial charge in [-0.25, -0.2) is 4.39 Å². The zero-order chi connectivity index (χ0) is 30.9. The Balaban J connectivity index is 0.000000892. The number of hydrogen-bond donors (Lipinski definition) is 4. The molecule has 1 aliphatic heterocycles. The Morgan fingerprint density at radius 3 is 2.31 bits per heavy atom. The first-order valence-corrected chi connectivity index (χ1v) is 16.5. The van der Waals surface area contributed by atoms with Crippen molar-refractivity contribution < 1.29 is 37.1 Å². The molecule has 1 saturated heterocycles. The molecule has 8 nitrogen and oxygen atoms in total. The van der Waals surface area contributed by atoms with Gasteiger partial charge in [-0.1, -0.05) is 24.3 Å². The highest BCUT2D eigenvalue weighted by molar-refractivity contribution is 7.99. The Kier molecular flexibility index (Phi) is 11.8. The fourth-order valence-corrected chi connectivity index (χ4v) is 5.97. The van der Waals surface area contributed by atoms with Crippen molar-refractivity contribution in [1.29, 1.82) is 0 Å². The number of ether oxygens (including phenoxy) is 1. The molecule has 1 fully saturated rings. The van der Waals surface area contributed by atoms with E-state index in [0.717, 1.165) is 57.9 Å². The molecule has 0 saturated carbocycles. The normalized spacial score (nSPS) is 14.4. The third-order valence-corrected chi connectivity index (χ3v) is 7.80. The molecule has 0 amide bonds. The second-order valence-electron chi connectivity index (χ2n) is 10.5. The van der Waals surface area contributed by atoms with Gasteiger partial charge < -0.3 is 20.3 Å². The maximum Gasteiger partial charge on any atom is 0.303 e. The predicted molar refractivity (Wildman–Crippen MR) is 166 cm³/mol. The largest absolute Gasteiger partial charge is 0.491 e. The van der Waals surface area contributed by atoms with Crippen LogP contribution in [-0.2, 0) is 27.9 Å². The number of thioether (sulfide) groups is 1. The second-order valence-corrected chi connectivity index (χ2v) is 13.2. The minimum absolute atomic E-state index is 0.0934. The number of aryl methyl sites for hydroxylation is 3. The van der Waals surface area contributed by atoms with E-state index in [1.54, 1.807) is 12.1 Å². The Morgan fingerprint density at radius 1 is 1.07 bits per heavy atom. The molecule has 3 aromatic rings. The van der Waals surface area contributed by atoms with Crippen LogP contribution in [0.1, 0.15) is 41.5 Å². The van der Waals surface area contributed by atoms with E-state index in [9.17, 15) is 22.7 Å². The van der Waals surface area contributed by atoms with Gasteiger partial charge in [0.15, 0.2) is 0 Å². The third kappa shape index (κ3) is 10.9. The molecule has 11 heteroatoms. The molecular formula is C31H38FNO7S2. The van der Waals surface area contributed by atoms with Crippen LogP contribution in [0.15, 0.2) is 54.6 Å². The summed E-state index contributed by atoms with van der Waals surface area (Å²) in [5.41, 5.74) is 5.82. The summed E-state index contributed by atoms with van der Waals surface area (Å²) in [6, 6.07) is 17.1. The lowest BCUT2D eigenvalue weighted by Crippen LogP contribution is -2.39. The molecule has 3 aromatic carbocycles. The van der Waals surface area contributed by atoms with E-state index >= 15 is 0 Å². The first-order chi connectivity index (χ1) is 19.7. The Morgan fingerprint density at radius 2 is 1.71 bits per heavy atom. The van der Waals surface area contributed by atoms with Gasteiger partial charge in [0, 0.05) is 18.7 Å². The van der Waals surface area contributed by atoms with Crippen LogP contribution < -0.4 is 10.1 Å². The van der Waals surface area contributed by atoms with Gasteiger partial charge in [0.05, 0.1) is 6.26 Å². The summed E-state index contributed by atoms with van der Waals surface area (Å²) >= 11 is 1.88. The minimum Gasteiger partial charge on any atom is -0.491 e. The monoisotopic (exact) mass is 619 g/mol. The molecule has 0 bridgehead atoms. The molecule has 1 aliphatic rings. The second kappa shape index (κ2) is 14.9. The Labute approximate surface area is 251 Å². The van der Waals surface area contributed by atoms with Crippen LogP contribution in [0, 0.1) is 19.7 Å². The highest BCUT2D eigenvalue weighted by Gasteiger charge is 2.30. The van der Waals surface area contributed by atoms with Crippen LogP contribution in [0.3, 0.4) is 0 Å². The minimum atomic E-state index is -3.67. The molecule has 228 valence electrons. The van der Waals surface area contributed by atoms with Crippen LogP contribution >= 0.6 is 11.8 Å². The smallest absolute Gasteiger partial charge is 0.303 e. The van der Waals surface area contributed by atoms with Gasteiger partial charge in [-0.2, -0.15) is 20.2 Å². The Hall–Kier alpha value is -3.12. The van der Waals surface area contributed by atoms with Crippen LogP contribution in [0.25, 0.3) is 11.1 Å². The van der Waals surface area contributed by atoms with Crippen molar-refractivity contribution in [3.63, 3.8) is 0 Å². The zero-order valence-electron chi connectivity index (χ0n) is 24.0. The SMILES string of the molecule is CS(=O)(=O)O.Cc1cc(OCC2(O)CCSCC2)cc(C)c1-c1cccc(CNc2ccc(CCC(=O)O)c(F)c2)c1. The van der Waals surface area contributed by atoms with E-state index in [1.807, 2.05) is 36.0 Å². The van der Waals surface area contributed by atoms with Crippen molar-refractivity contribution in [2.24, 2.45) is 0 Å². The van der Waals surface area contributed by atoms with Gasteiger partial charge in [-0.05, 0) is 108 Å². The van der Waals surface area contributed by atoms with Gasteiger partial charge in [0.2, 0.25) is 0 Å². The van der Waals surface area contributed by atoms with Crippen LogP contribution in [0.4, 0.5) is 10.1 Å². The summed E-state index contributed by atoms with van der Waals surface area (Å²) < 4.78 is 46.3. The first-order valence-electron chi connectivity index (χ1n) is 13.5. The Bertz CT molecular complexity index is 1460. The van der Waals surface area contributed by atoms with E-state index in [1.165, 1.54) is 6.07 Å². The summed E-state index contributed by atoms with van der Waals surface area (Å²) in [5.74, 6) is 1.37. The first kappa shape index (κ1) is 33.4. The number of hydrogen-bond acceptors (Lipinski definition) is 7. The average Bonchev–Trinajstić information content (AvgIpc) is 2.90. The number of carbonyl (C=O) groups is 1. The van der Waals surface area contributed by atoms with E-state index in [4.69, 9.17) is 14.4 Å². The third-order valence-electron chi connectivity index (χ3n) is 6.81. The molecule has 0 aromatic heterocycles. The van der Waals surface area contributed by atoms with Crippen molar-refractivity contribution in [1.82, 2.24) is 0 Å². The van der Waals surface area contributed by atoms with Crippen molar-refractivity contribution >= 4 is 33.5 Å². The molecule has 1 heterocycles. The van der Waals surface area contributed by atoms with Crippen LogP contribution in [-0.4, -0.2) is 59.1 Å². The number of anilines is 1. The lowest BCUT2D eigenvalue weighted by atomic mass is 9.94. The van der Waals surface area contributed by atoms with Gasteiger partial charge in [-0.15, -0.1) is 0 Å². The molecule has 0 aliphatic carbocycles. The number of nitrogens with one attached hydrogen (secondary N) is 1. The quantitative estimate of drug-likeness (QED) is 0.205. The van der Waals surface area contributed by atoms with Crippen LogP contribution in [0.2, 0.25) is 0 Å². The number of aliphatic carboxylic acids is 1. The maximum absolute atomic E-state index is 14.4. The van der Waals surface area contributed by atoms with Gasteiger partial charge >= 0.3 is 5.97 Å². The van der Waals surface area contributed by atoms with Crippen molar-refractivity contribution in [3.8, 4) is 16.9 Å². The average molecular weight is 620 g/mol. The summed E-state index contributed by atoms with van der Waals surface area (Å²) in [5, 5.41) is 22.8. The van der Waals surface area contributed by atoms with Gasteiger partial charge in [0.1, 0.15) is 23.8 Å². The number of aliphatic hydroxyl groups is 1. The van der Waals surface area contributed by atoms with Gasteiger partial charge in [-0.3, -0.25) is 9.35 Å².